The average molecular weight is 478 g/mol. The van der Waals surface area contributed by atoms with Crippen LogP contribution in [0.25, 0.3) is 6.08 Å². The molecule has 1 aliphatic rings. The minimum absolute atomic E-state index is 0.0860. The van der Waals surface area contributed by atoms with Gasteiger partial charge in [0.15, 0.2) is 17.3 Å². The minimum Gasteiger partial charge on any atom is -0.489 e. The summed E-state index contributed by atoms with van der Waals surface area (Å²) in [5.41, 5.74) is 6.35. The Morgan fingerprint density at radius 1 is 1.11 bits per heavy atom. The number of methoxy groups -OCH3 is 1. The molecule has 0 aliphatic carbocycles. The Kier molecular flexibility index (Phi) is 8.12. The lowest BCUT2D eigenvalue weighted by atomic mass is 10.0. The van der Waals surface area contributed by atoms with Crippen LogP contribution >= 0.6 is 0 Å². The maximum Gasteiger partial charge on any atom is 0.291 e. The second-order valence-corrected chi connectivity index (χ2v) is 8.95. The number of allylic oxidation sites excluding steroid dienone is 5. The molecule has 1 atom stereocenters. The quantitative estimate of drug-likeness (QED) is 0.233. The Hall–Kier alpha value is -3.87. The van der Waals surface area contributed by atoms with Crippen LogP contribution in [0.4, 0.5) is 5.69 Å². The van der Waals surface area contributed by atoms with E-state index < -0.39 is 4.92 Å². The standard InChI is InChI=1S/C28H31NO6/c1-17(11-18(2)13-22-7-9-24(10-8-22)29(31)32)12-19(3)14-23-15-25(34-16-23)27-20(4)26(30)21(5)28(33-6)35-27/h7-10,12-14,16,25H,11,15H2,1-6H3/b17-12-,18-13+,19-14-. The van der Waals surface area contributed by atoms with Gasteiger partial charge in [0.25, 0.3) is 11.6 Å². The third kappa shape index (κ3) is 6.38. The van der Waals surface area contributed by atoms with Crippen molar-refractivity contribution in [1.29, 1.82) is 0 Å². The second-order valence-electron chi connectivity index (χ2n) is 8.95. The van der Waals surface area contributed by atoms with Crippen LogP contribution in [0.15, 0.2) is 74.2 Å². The van der Waals surface area contributed by atoms with Crippen molar-refractivity contribution in [3.8, 4) is 5.95 Å². The third-order valence-corrected chi connectivity index (χ3v) is 5.80. The van der Waals surface area contributed by atoms with E-state index in [9.17, 15) is 14.9 Å². The highest BCUT2D eigenvalue weighted by Gasteiger charge is 2.27. The highest BCUT2D eigenvalue weighted by molar-refractivity contribution is 5.55. The van der Waals surface area contributed by atoms with Gasteiger partial charge >= 0.3 is 0 Å². The zero-order valence-corrected chi connectivity index (χ0v) is 21.0. The lowest BCUT2D eigenvalue weighted by Gasteiger charge is -2.14. The van der Waals surface area contributed by atoms with Gasteiger partial charge in [-0.05, 0) is 64.3 Å². The lowest BCUT2D eigenvalue weighted by Crippen LogP contribution is -2.15. The first-order chi connectivity index (χ1) is 16.6. The van der Waals surface area contributed by atoms with E-state index in [1.54, 1.807) is 32.2 Å². The monoisotopic (exact) mass is 477 g/mol. The van der Waals surface area contributed by atoms with E-state index in [0.29, 0.717) is 23.3 Å². The summed E-state index contributed by atoms with van der Waals surface area (Å²) in [4.78, 5) is 22.9. The molecular weight excluding hydrogens is 446 g/mol. The van der Waals surface area contributed by atoms with E-state index in [4.69, 9.17) is 13.9 Å². The van der Waals surface area contributed by atoms with Crippen LogP contribution in [0.2, 0.25) is 0 Å². The molecule has 184 valence electrons. The van der Waals surface area contributed by atoms with Gasteiger partial charge in [-0.15, -0.1) is 0 Å². The summed E-state index contributed by atoms with van der Waals surface area (Å²) in [5.74, 6) is 0.712. The fourth-order valence-electron chi connectivity index (χ4n) is 4.21. The molecule has 0 saturated carbocycles. The van der Waals surface area contributed by atoms with Gasteiger partial charge in [0, 0.05) is 24.1 Å². The Morgan fingerprint density at radius 3 is 2.43 bits per heavy atom. The maximum atomic E-state index is 12.5. The second kappa shape index (κ2) is 11.0. The molecular formula is C28H31NO6. The molecule has 0 fully saturated rings. The van der Waals surface area contributed by atoms with Crippen molar-refractivity contribution in [3.63, 3.8) is 0 Å². The van der Waals surface area contributed by atoms with Gasteiger partial charge in [0.05, 0.1) is 23.9 Å². The molecule has 7 heteroatoms. The maximum absolute atomic E-state index is 12.5. The summed E-state index contributed by atoms with van der Waals surface area (Å²) in [7, 11) is 1.48. The summed E-state index contributed by atoms with van der Waals surface area (Å²) < 4.78 is 16.9. The smallest absolute Gasteiger partial charge is 0.291 e. The first-order valence-electron chi connectivity index (χ1n) is 11.4. The van der Waals surface area contributed by atoms with E-state index in [1.807, 2.05) is 19.9 Å². The van der Waals surface area contributed by atoms with Crippen molar-refractivity contribution in [1.82, 2.24) is 0 Å². The number of nitro groups is 1. The molecule has 1 unspecified atom stereocenters. The average Bonchev–Trinajstić information content (AvgIpc) is 3.25. The van der Waals surface area contributed by atoms with Crippen molar-refractivity contribution in [2.45, 2.75) is 53.6 Å². The Labute approximate surface area is 205 Å². The Bertz CT molecular complexity index is 1290. The molecule has 0 spiro atoms. The zero-order valence-electron chi connectivity index (χ0n) is 21.0. The molecule has 35 heavy (non-hydrogen) atoms. The highest BCUT2D eigenvalue weighted by Crippen LogP contribution is 2.35. The summed E-state index contributed by atoms with van der Waals surface area (Å²) in [6.07, 6.45) is 8.95. The van der Waals surface area contributed by atoms with Gasteiger partial charge in [-0.2, -0.15) is 0 Å². The fourth-order valence-corrected chi connectivity index (χ4v) is 4.21. The summed E-state index contributed by atoms with van der Waals surface area (Å²) in [5, 5.41) is 10.8. The van der Waals surface area contributed by atoms with E-state index >= 15 is 0 Å². The molecule has 1 aromatic carbocycles. The van der Waals surface area contributed by atoms with Crippen LogP contribution in [-0.4, -0.2) is 12.0 Å². The SMILES string of the molecule is COc1oc(C2CC(/C=C(C)\C=C(\C)C/C(C)=C/c3ccc([N+](=O)[O-])cc3)=CO2)c(C)c(=O)c1C. The number of benzene rings is 1. The number of hydrogen-bond acceptors (Lipinski definition) is 6. The van der Waals surface area contributed by atoms with Gasteiger partial charge in [-0.25, -0.2) is 0 Å². The molecule has 1 aliphatic heterocycles. The largest absolute Gasteiger partial charge is 0.489 e. The predicted octanol–water partition coefficient (Wildman–Crippen LogP) is 6.90. The molecule has 2 aromatic rings. The van der Waals surface area contributed by atoms with Gasteiger partial charge in [0.1, 0.15) is 0 Å². The summed E-state index contributed by atoms with van der Waals surface area (Å²) in [6, 6.07) is 6.53. The molecule has 0 amide bonds. The van der Waals surface area contributed by atoms with E-state index in [-0.39, 0.29) is 23.2 Å². The van der Waals surface area contributed by atoms with Crippen LogP contribution < -0.4 is 10.2 Å². The van der Waals surface area contributed by atoms with Crippen LogP contribution in [0.1, 0.15) is 62.2 Å². The Balaban J connectivity index is 1.66. The van der Waals surface area contributed by atoms with Crippen molar-refractivity contribution >= 4 is 11.8 Å². The van der Waals surface area contributed by atoms with Crippen molar-refractivity contribution in [2.24, 2.45) is 0 Å². The molecule has 0 radical (unpaired) electrons. The van der Waals surface area contributed by atoms with E-state index in [1.165, 1.54) is 24.8 Å². The van der Waals surface area contributed by atoms with Crippen LogP contribution in [0.5, 0.6) is 5.95 Å². The fraction of sp³-hybridized carbons (Fsp3) is 0.321. The number of nitro benzene ring substituents is 1. The van der Waals surface area contributed by atoms with Crippen LogP contribution in [-0.2, 0) is 4.74 Å². The molecule has 0 N–H and O–H groups in total. The minimum atomic E-state index is -0.399. The van der Waals surface area contributed by atoms with Gasteiger partial charge < -0.3 is 13.9 Å². The van der Waals surface area contributed by atoms with Crippen molar-refractivity contribution < 1.29 is 18.8 Å². The summed E-state index contributed by atoms with van der Waals surface area (Å²) >= 11 is 0. The third-order valence-electron chi connectivity index (χ3n) is 5.80. The number of nitrogens with zero attached hydrogens (tertiary/aromatic N) is 1. The molecule has 3 rings (SSSR count). The zero-order chi connectivity index (χ0) is 25.7. The van der Waals surface area contributed by atoms with Gasteiger partial charge in [0.2, 0.25) is 0 Å². The van der Waals surface area contributed by atoms with E-state index in [0.717, 1.165) is 28.7 Å². The lowest BCUT2D eigenvalue weighted by molar-refractivity contribution is -0.384. The predicted molar refractivity (Wildman–Crippen MR) is 136 cm³/mol. The molecule has 0 saturated heterocycles. The summed E-state index contributed by atoms with van der Waals surface area (Å²) in [6.45, 7) is 9.58. The van der Waals surface area contributed by atoms with Crippen molar-refractivity contribution in [3.05, 3.63) is 108 Å². The molecule has 1 aromatic heterocycles. The van der Waals surface area contributed by atoms with Crippen LogP contribution in [0, 0.1) is 24.0 Å². The number of non-ortho nitro benzene ring substituents is 1. The normalized spacial score (nSPS) is 16.7. The molecule has 7 nitrogen and oxygen atoms in total. The topological polar surface area (TPSA) is 91.8 Å². The molecule has 0 bridgehead atoms. The van der Waals surface area contributed by atoms with E-state index in [2.05, 4.69) is 19.1 Å². The van der Waals surface area contributed by atoms with Crippen molar-refractivity contribution in [2.75, 3.05) is 7.11 Å². The Morgan fingerprint density at radius 2 is 1.80 bits per heavy atom. The first kappa shape index (κ1) is 25.7. The number of ether oxygens (including phenoxy) is 2. The number of rotatable bonds is 8. The van der Waals surface area contributed by atoms with Gasteiger partial charge in [-0.1, -0.05) is 34.9 Å². The first-order valence-corrected chi connectivity index (χ1v) is 11.4. The highest BCUT2D eigenvalue weighted by atomic mass is 16.6. The molecule has 2 heterocycles. The van der Waals surface area contributed by atoms with Crippen LogP contribution in [0.3, 0.4) is 0 Å². The number of hydrogen-bond donors (Lipinski definition) is 0. The van der Waals surface area contributed by atoms with Gasteiger partial charge in [-0.3, -0.25) is 14.9 Å².